The number of aromatic hydroxyl groups is 2. The summed E-state index contributed by atoms with van der Waals surface area (Å²) < 4.78 is 66.9. The molecule has 62 heavy (non-hydrogen) atoms. The van der Waals surface area contributed by atoms with Crippen molar-refractivity contribution in [1.82, 2.24) is 10.0 Å². The molecule has 0 aliphatic heterocycles. The Hall–Kier alpha value is -2.82. The third-order valence-electron chi connectivity index (χ3n) is 8.70. The molecule has 1 aromatic heterocycles. The molecule has 0 bridgehead atoms. The van der Waals surface area contributed by atoms with Crippen LogP contribution in [-0.4, -0.2) is 186 Å². The van der Waals surface area contributed by atoms with Gasteiger partial charge in [0.15, 0.2) is 6.10 Å². The van der Waals surface area contributed by atoms with Crippen molar-refractivity contribution in [2.24, 2.45) is 0 Å². The summed E-state index contributed by atoms with van der Waals surface area (Å²) in [7, 11) is 1.64. The van der Waals surface area contributed by atoms with Gasteiger partial charge in [-0.1, -0.05) is 45.4 Å². The lowest BCUT2D eigenvalue weighted by molar-refractivity contribution is -0.145. The quantitative estimate of drug-likeness (QED) is 0.0771. The van der Waals surface area contributed by atoms with Gasteiger partial charge in [-0.25, -0.2) is 9.59 Å². The highest BCUT2D eigenvalue weighted by Crippen LogP contribution is 2.19. The number of hydrogen-bond donors (Lipinski definition) is 3. The molecule has 1 rings (SSSR count). The van der Waals surface area contributed by atoms with Gasteiger partial charge in [0, 0.05) is 52.0 Å². The Labute approximate surface area is 369 Å². The summed E-state index contributed by atoms with van der Waals surface area (Å²) in [4.78, 5) is 29.5. The number of nitrogens with zero attached hydrogens (tertiary/aromatic N) is 1. The molecule has 0 fully saturated rings. The average molecular weight is 897 g/mol. The van der Waals surface area contributed by atoms with Crippen LogP contribution in [0.1, 0.15) is 84.0 Å². The van der Waals surface area contributed by atoms with Crippen LogP contribution in [0.3, 0.4) is 0 Å². The number of rotatable bonds is 48. The van der Waals surface area contributed by atoms with Crippen molar-refractivity contribution in [2.45, 2.75) is 90.1 Å². The van der Waals surface area contributed by atoms with Crippen molar-refractivity contribution in [1.29, 1.82) is 0 Å². The van der Waals surface area contributed by atoms with Gasteiger partial charge in [-0.2, -0.15) is 0 Å². The molecular weight excluding hydrogens is 816 g/mol. The van der Waals surface area contributed by atoms with Gasteiger partial charge in [-0.15, -0.1) is 4.73 Å². The molecule has 0 spiro atoms. The van der Waals surface area contributed by atoms with Gasteiger partial charge in [-0.05, 0) is 32.1 Å². The van der Waals surface area contributed by atoms with Gasteiger partial charge < -0.3 is 77.2 Å². The fourth-order valence-corrected chi connectivity index (χ4v) is 5.32. The summed E-state index contributed by atoms with van der Waals surface area (Å²) in [6.45, 7) is 12.8. The van der Waals surface area contributed by atoms with Crippen molar-refractivity contribution in [3.8, 4) is 11.8 Å². The number of unbranched alkanes of at least 4 members (excludes halogenated alkanes) is 8. The van der Waals surface area contributed by atoms with Crippen LogP contribution in [0.15, 0.2) is 12.1 Å². The average Bonchev–Trinajstić information content (AvgIpc) is 3.58. The van der Waals surface area contributed by atoms with Gasteiger partial charge in [0.05, 0.1) is 119 Å². The Morgan fingerprint density at radius 2 is 0.903 bits per heavy atom. The third-order valence-corrected chi connectivity index (χ3v) is 8.70. The Kier molecular flexibility index (Phi) is 41.3. The predicted octanol–water partition coefficient (Wildman–Crippen LogP) is 4.46. The summed E-state index contributed by atoms with van der Waals surface area (Å²) in [6.07, 6.45) is 9.14. The van der Waals surface area contributed by atoms with E-state index >= 15 is 0 Å². The van der Waals surface area contributed by atoms with Crippen molar-refractivity contribution in [3.05, 3.63) is 12.1 Å². The smallest absolute Gasteiger partial charge is 0.407 e. The molecule has 1 aromatic rings. The number of carbonyl (C=O) groups excluding carboxylic acids is 2. The van der Waals surface area contributed by atoms with Crippen LogP contribution in [0.2, 0.25) is 0 Å². The fraction of sp³-hybridized carbons (Fsp3) is 0.860. The second-order valence-electron chi connectivity index (χ2n) is 14.1. The highest BCUT2D eigenvalue weighted by Gasteiger charge is 2.16. The first-order chi connectivity index (χ1) is 30.5. The number of nitrogens with one attached hydrogen (secondary N) is 1. The van der Waals surface area contributed by atoms with Crippen LogP contribution in [-0.2, 0) is 61.6 Å². The molecular formula is C43H80N2O17. The van der Waals surface area contributed by atoms with Crippen LogP contribution in [0, 0.1) is 0 Å². The second-order valence-corrected chi connectivity index (χ2v) is 14.1. The molecule has 0 aliphatic carbocycles. The van der Waals surface area contributed by atoms with Crippen LogP contribution in [0.4, 0.5) is 4.79 Å². The molecule has 0 aliphatic rings. The Morgan fingerprint density at radius 3 is 1.37 bits per heavy atom. The van der Waals surface area contributed by atoms with Gasteiger partial charge in [-0.3, -0.25) is 0 Å². The Morgan fingerprint density at radius 1 is 0.516 bits per heavy atom. The zero-order valence-corrected chi connectivity index (χ0v) is 37.7. The molecule has 1 atom stereocenters. The number of amides is 1. The topological polar surface area (TPSA) is 212 Å². The highest BCUT2D eigenvalue weighted by atomic mass is 16.7. The predicted molar refractivity (Wildman–Crippen MR) is 229 cm³/mol. The maximum absolute atomic E-state index is 12.6. The van der Waals surface area contributed by atoms with E-state index in [1.54, 1.807) is 7.11 Å². The SMILES string of the molecule is CCCCCCOCCOCCOCCOCCOCC(COCCCCCCOCCOCCOCCOCCOC)OC(=O)NCCCCCC(=O)On1c(O)ccc1O. The molecule has 1 amide bonds. The molecule has 0 radical (unpaired) electrons. The minimum absolute atomic E-state index is 0.0771. The monoisotopic (exact) mass is 897 g/mol. The zero-order valence-electron chi connectivity index (χ0n) is 37.7. The molecule has 364 valence electrons. The summed E-state index contributed by atoms with van der Waals surface area (Å²) in [6, 6.07) is 2.42. The molecule has 19 heteroatoms. The first-order valence-corrected chi connectivity index (χ1v) is 22.5. The normalized spacial score (nSPS) is 11.9. The lowest BCUT2D eigenvalue weighted by Crippen LogP contribution is -2.35. The highest BCUT2D eigenvalue weighted by molar-refractivity contribution is 5.70. The van der Waals surface area contributed by atoms with Crippen molar-refractivity contribution in [3.63, 3.8) is 0 Å². The van der Waals surface area contributed by atoms with E-state index in [-0.39, 0.29) is 31.4 Å². The minimum Gasteiger partial charge on any atom is -0.492 e. The Balaban J connectivity index is 2.17. The molecule has 3 N–H and O–H groups in total. The molecule has 1 heterocycles. The number of methoxy groups -OCH3 is 1. The largest absolute Gasteiger partial charge is 0.492 e. The molecule has 0 aromatic carbocycles. The lowest BCUT2D eigenvalue weighted by Gasteiger charge is -2.19. The van der Waals surface area contributed by atoms with Gasteiger partial charge in [0.25, 0.3) is 0 Å². The number of ether oxygens (including phenoxy) is 12. The maximum atomic E-state index is 12.6. The summed E-state index contributed by atoms with van der Waals surface area (Å²) in [5, 5.41) is 21.9. The Bertz CT molecular complexity index is 1110. The van der Waals surface area contributed by atoms with Gasteiger partial charge in [0.1, 0.15) is 0 Å². The molecule has 19 nitrogen and oxygen atoms in total. The van der Waals surface area contributed by atoms with Crippen molar-refractivity contribution >= 4 is 12.1 Å². The van der Waals surface area contributed by atoms with Crippen LogP contribution < -0.4 is 10.2 Å². The van der Waals surface area contributed by atoms with Gasteiger partial charge >= 0.3 is 12.1 Å². The number of hydrogen-bond acceptors (Lipinski definition) is 17. The summed E-state index contributed by atoms with van der Waals surface area (Å²) in [5.41, 5.74) is 0. The molecule has 0 saturated carbocycles. The maximum Gasteiger partial charge on any atom is 0.407 e. The fourth-order valence-electron chi connectivity index (χ4n) is 5.32. The standard InChI is InChI=1S/C43H80N2O17/c1-3-4-5-11-18-51-23-25-54-30-32-57-33-34-58-35-36-60-38-39(61-43(49)44-17-10-8-9-14-42(48)62-45-40(46)15-16-41(45)47)37-59-20-13-7-6-12-19-52-24-26-55-29-31-56-28-27-53-22-21-50-2/h15-16,39,46-47H,3-14,17-38H2,1-2H3,(H,44,49). The van der Waals surface area contributed by atoms with Crippen molar-refractivity contribution < 1.29 is 81.5 Å². The van der Waals surface area contributed by atoms with E-state index in [1.807, 2.05) is 0 Å². The van der Waals surface area contributed by atoms with Crippen LogP contribution in [0.5, 0.6) is 11.8 Å². The zero-order chi connectivity index (χ0) is 44.8. The number of alkyl carbamates (subject to hydrolysis) is 1. The lowest BCUT2D eigenvalue weighted by atomic mass is 10.2. The van der Waals surface area contributed by atoms with E-state index < -0.39 is 18.2 Å². The number of aromatic nitrogens is 1. The number of carbonyl (C=O) groups is 2. The van der Waals surface area contributed by atoms with E-state index in [0.717, 1.165) is 38.7 Å². The second kappa shape index (κ2) is 44.8. The molecule has 1 unspecified atom stereocenters. The third kappa shape index (κ3) is 37.7. The minimum atomic E-state index is -0.622. The van der Waals surface area contributed by atoms with E-state index in [9.17, 15) is 19.8 Å². The van der Waals surface area contributed by atoms with Crippen LogP contribution >= 0.6 is 0 Å². The van der Waals surface area contributed by atoms with E-state index in [4.69, 9.17) is 61.7 Å². The van der Waals surface area contributed by atoms with Gasteiger partial charge in [0.2, 0.25) is 11.8 Å². The first kappa shape index (κ1) is 57.2. The van der Waals surface area contributed by atoms with E-state index in [2.05, 4.69) is 12.2 Å². The van der Waals surface area contributed by atoms with Crippen LogP contribution in [0.25, 0.3) is 0 Å². The van der Waals surface area contributed by atoms with E-state index in [1.165, 1.54) is 31.4 Å². The van der Waals surface area contributed by atoms with Crippen molar-refractivity contribution in [2.75, 3.05) is 152 Å². The first-order valence-electron chi connectivity index (χ1n) is 22.5. The summed E-state index contributed by atoms with van der Waals surface area (Å²) in [5.74, 6) is -1.36. The molecule has 0 saturated heterocycles. The summed E-state index contributed by atoms with van der Waals surface area (Å²) >= 11 is 0. The van der Waals surface area contributed by atoms with E-state index in [0.29, 0.717) is 149 Å².